The Labute approximate surface area is 104 Å². The molecule has 0 aromatic carbocycles. The molecule has 0 saturated heterocycles. The molecular formula is C10H15N3O3S. The van der Waals surface area contributed by atoms with Gasteiger partial charge in [0.25, 0.3) is 0 Å². The number of carbonyl (C=O) groups is 2. The third-order valence-corrected chi connectivity index (χ3v) is 3.20. The molecule has 0 fully saturated rings. The van der Waals surface area contributed by atoms with Crippen molar-refractivity contribution in [3.05, 3.63) is 11.3 Å². The second kappa shape index (κ2) is 5.24. The van der Waals surface area contributed by atoms with Crippen molar-refractivity contribution in [3.63, 3.8) is 0 Å². The summed E-state index contributed by atoms with van der Waals surface area (Å²) < 4.78 is 3.97. The lowest BCUT2D eigenvalue weighted by molar-refractivity contribution is -0.118. The van der Waals surface area contributed by atoms with Crippen LogP contribution < -0.4 is 4.90 Å². The van der Waals surface area contributed by atoms with Crippen molar-refractivity contribution < 1.29 is 14.7 Å². The Balaban J connectivity index is 3.00. The standard InChI is InChI=1S/C10H15N3O3S/c1-6-8(10(15)16)9(17-11-6)13(4)7(14)5-12(2)3/h5H2,1-4H3,(H,15,16). The van der Waals surface area contributed by atoms with E-state index < -0.39 is 5.97 Å². The minimum absolute atomic E-state index is 0.101. The van der Waals surface area contributed by atoms with Crippen LogP contribution >= 0.6 is 11.5 Å². The third kappa shape index (κ3) is 3.01. The number of hydrogen-bond acceptors (Lipinski definition) is 5. The van der Waals surface area contributed by atoms with Crippen molar-refractivity contribution in [2.75, 3.05) is 32.6 Å². The van der Waals surface area contributed by atoms with Crippen LogP contribution in [0.25, 0.3) is 0 Å². The SMILES string of the molecule is Cc1nsc(N(C)C(=O)CN(C)C)c1C(=O)O. The molecule has 17 heavy (non-hydrogen) atoms. The Morgan fingerprint density at radius 2 is 1.94 bits per heavy atom. The monoisotopic (exact) mass is 257 g/mol. The molecule has 0 radical (unpaired) electrons. The summed E-state index contributed by atoms with van der Waals surface area (Å²) in [5.41, 5.74) is 0.534. The van der Waals surface area contributed by atoms with Crippen molar-refractivity contribution in [2.24, 2.45) is 0 Å². The maximum Gasteiger partial charge on any atom is 0.340 e. The summed E-state index contributed by atoms with van der Waals surface area (Å²) >= 11 is 1.02. The van der Waals surface area contributed by atoms with E-state index in [1.165, 1.54) is 4.90 Å². The fourth-order valence-electron chi connectivity index (χ4n) is 1.32. The zero-order valence-electron chi connectivity index (χ0n) is 10.2. The molecule has 0 aliphatic heterocycles. The Morgan fingerprint density at radius 3 is 2.41 bits per heavy atom. The van der Waals surface area contributed by atoms with Gasteiger partial charge in [-0.1, -0.05) is 0 Å². The molecule has 0 saturated carbocycles. The zero-order valence-corrected chi connectivity index (χ0v) is 11.0. The first-order valence-corrected chi connectivity index (χ1v) is 5.72. The first kappa shape index (κ1) is 13.6. The Kier molecular flexibility index (Phi) is 4.19. The number of nitrogens with zero attached hydrogens (tertiary/aromatic N) is 3. The largest absolute Gasteiger partial charge is 0.478 e. The highest BCUT2D eigenvalue weighted by atomic mass is 32.1. The van der Waals surface area contributed by atoms with Crippen LogP contribution in [0.15, 0.2) is 0 Å². The topological polar surface area (TPSA) is 73.7 Å². The predicted octanol–water partition coefficient (Wildman–Crippen LogP) is 0.674. The Morgan fingerprint density at radius 1 is 1.35 bits per heavy atom. The highest BCUT2D eigenvalue weighted by Crippen LogP contribution is 2.27. The molecule has 0 aliphatic rings. The lowest BCUT2D eigenvalue weighted by Crippen LogP contribution is -2.35. The van der Waals surface area contributed by atoms with Gasteiger partial charge in [0.05, 0.1) is 12.2 Å². The molecule has 7 heteroatoms. The average Bonchev–Trinajstić information content (AvgIpc) is 2.57. The summed E-state index contributed by atoms with van der Waals surface area (Å²) in [5.74, 6) is -1.23. The highest BCUT2D eigenvalue weighted by Gasteiger charge is 2.23. The van der Waals surface area contributed by atoms with E-state index in [1.807, 2.05) is 0 Å². The summed E-state index contributed by atoms with van der Waals surface area (Å²) in [6, 6.07) is 0. The molecule has 1 aromatic heterocycles. The third-order valence-electron chi connectivity index (χ3n) is 2.19. The molecule has 1 aromatic rings. The Bertz CT molecular complexity index is 442. The van der Waals surface area contributed by atoms with Gasteiger partial charge in [-0.25, -0.2) is 4.79 Å². The van der Waals surface area contributed by atoms with E-state index in [4.69, 9.17) is 5.11 Å². The fraction of sp³-hybridized carbons (Fsp3) is 0.500. The molecule has 0 aliphatic carbocycles. The van der Waals surface area contributed by atoms with Gasteiger partial charge in [0, 0.05) is 7.05 Å². The van der Waals surface area contributed by atoms with Crippen LogP contribution in [0.1, 0.15) is 16.1 Å². The number of hydrogen-bond donors (Lipinski definition) is 1. The van der Waals surface area contributed by atoms with E-state index in [9.17, 15) is 9.59 Å². The number of aryl methyl sites for hydroxylation is 1. The zero-order chi connectivity index (χ0) is 13.2. The Hall–Kier alpha value is -1.47. The quantitative estimate of drug-likeness (QED) is 0.858. The van der Waals surface area contributed by atoms with E-state index in [0.717, 1.165) is 11.5 Å². The number of likely N-dealkylation sites (N-methyl/N-ethyl adjacent to an activating group) is 2. The van der Waals surface area contributed by atoms with Gasteiger partial charge in [0.15, 0.2) is 0 Å². The number of anilines is 1. The summed E-state index contributed by atoms with van der Waals surface area (Å²) in [6.45, 7) is 1.85. The molecule has 6 nitrogen and oxygen atoms in total. The summed E-state index contributed by atoms with van der Waals surface area (Å²) in [5, 5.41) is 9.44. The number of carboxylic acid groups (broad SMARTS) is 1. The molecule has 94 valence electrons. The number of carboxylic acids is 1. The maximum absolute atomic E-state index is 11.8. The van der Waals surface area contributed by atoms with Crippen LogP contribution in [0, 0.1) is 6.92 Å². The van der Waals surface area contributed by atoms with Crippen LogP contribution in [0.5, 0.6) is 0 Å². The van der Waals surface area contributed by atoms with Gasteiger partial charge in [-0.2, -0.15) is 4.37 Å². The van der Waals surface area contributed by atoms with Crippen molar-refractivity contribution >= 4 is 28.4 Å². The lowest BCUT2D eigenvalue weighted by atomic mass is 10.2. The number of aromatic nitrogens is 1. The molecule has 0 atom stereocenters. The van der Waals surface area contributed by atoms with Gasteiger partial charge >= 0.3 is 5.97 Å². The van der Waals surface area contributed by atoms with E-state index in [2.05, 4.69) is 4.37 Å². The first-order valence-electron chi connectivity index (χ1n) is 4.95. The van der Waals surface area contributed by atoms with E-state index >= 15 is 0 Å². The molecule has 0 unspecified atom stereocenters. The minimum atomic E-state index is -1.06. The number of rotatable bonds is 4. The average molecular weight is 257 g/mol. The smallest absolute Gasteiger partial charge is 0.340 e. The number of aromatic carboxylic acids is 1. The van der Waals surface area contributed by atoms with Crippen molar-refractivity contribution in [1.29, 1.82) is 0 Å². The summed E-state index contributed by atoms with van der Waals surface area (Å²) in [7, 11) is 5.12. The van der Waals surface area contributed by atoms with Crippen LogP contribution in [0.3, 0.4) is 0 Å². The van der Waals surface area contributed by atoms with Gasteiger partial charge in [-0.05, 0) is 32.6 Å². The normalized spacial score (nSPS) is 10.6. The summed E-state index contributed by atoms with van der Waals surface area (Å²) in [6.07, 6.45) is 0. The van der Waals surface area contributed by atoms with Crippen molar-refractivity contribution in [3.8, 4) is 0 Å². The molecule has 1 N–H and O–H groups in total. The fourth-order valence-corrected chi connectivity index (χ4v) is 2.19. The molecule has 1 amide bonds. The molecular weight excluding hydrogens is 242 g/mol. The number of carbonyl (C=O) groups excluding carboxylic acids is 1. The predicted molar refractivity (Wildman–Crippen MR) is 65.8 cm³/mol. The van der Waals surface area contributed by atoms with E-state index in [-0.39, 0.29) is 18.0 Å². The highest BCUT2D eigenvalue weighted by molar-refractivity contribution is 7.11. The number of amides is 1. The molecule has 0 spiro atoms. The minimum Gasteiger partial charge on any atom is -0.478 e. The lowest BCUT2D eigenvalue weighted by Gasteiger charge is -2.18. The van der Waals surface area contributed by atoms with Gasteiger partial charge in [-0.15, -0.1) is 0 Å². The van der Waals surface area contributed by atoms with Gasteiger partial charge < -0.3 is 14.9 Å². The molecule has 0 bridgehead atoms. The molecule has 1 heterocycles. The summed E-state index contributed by atoms with van der Waals surface area (Å²) in [4.78, 5) is 26.0. The van der Waals surface area contributed by atoms with Crippen molar-refractivity contribution in [2.45, 2.75) is 6.92 Å². The van der Waals surface area contributed by atoms with Crippen LogP contribution in [-0.2, 0) is 4.79 Å². The van der Waals surface area contributed by atoms with Gasteiger partial charge in [0.2, 0.25) is 5.91 Å². The van der Waals surface area contributed by atoms with Gasteiger partial charge in [0.1, 0.15) is 10.6 Å². The van der Waals surface area contributed by atoms with Gasteiger partial charge in [-0.3, -0.25) is 4.79 Å². The first-order chi connectivity index (χ1) is 7.84. The van der Waals surface area contributed by atoms with E-state index in [1.54, 1.807) is 33.0 Å². The van der Waals surface area contributed by atoms with Crippen LogP contribution in [0.2, 0.25) is 0 Å². The van der Waals surface area contributed by atoms with Crippen LogP contribution in [-0.4, -0.2) is 53.9 Å². The van der Waals surface area contributed by atoms with Crippen LogP contribution in [0.4, 0.5) is 5.00 Å². The molecule has 1 rings (SSSR count). The second-order valence-corrected chi connectivity index (χ2v) is 4.70. The second-order valence-electron chi connectivity index (χ2n) is 3.94. The maximum atomic E-state index is 11.8. The van der Waals surface area contributed by atoms with Crippen molar-refractivity contribution in [1.82, 2.24) is 9.27 Å². The van der Waals surface area contributed by atoms with E-state index in [0.29, 0.717) is 10.7 Å².